The van der Waals surface area contributed by atoms with Crippen LogP contribution < -0.4 is 9.64 Å². The van der Waals surface area contributed by atoms with Crippen LogP contribution in [0.25, 0.3) is 44.5 Å². The lowest BCUT2D eigenvalue weighted by atomic mass is 9.93. The van der Waals surface area contributed by atoms with Gasteiger partial charge in [-0.05, 0) is 123 Å². The molecule has 0 spiro atoms. The van der Waals surface area contributed by atoms with E-state index in [2.05, 4.69) is 174 Å². The number of allylic oxidation sites excluding steroid dienone is 8. The van der Waals surface area contributed by atoms with Crippen LogP contribution in [-0.2, 0) is 13.0 Å². The normalized spacial score (nSPS) is 18.5. The molecule has 0 unspecified atom stereocenters. The van der Waals surface area contributed by atoms with Crippen LogP contribution in [0.15, 0.2) is 187 Å². The van der Waals surface area contributed by atoms with Gasteiger partial charge >= 0.3 is 0 Å². The summed E-state index contributed by atoms with van der Waals surface area (Å²) < 4.78 is 5.99. The topological polar surface area (TPSA) is 24.8 Å². The number of anilines is 1. The Bertz CT molecular complexity index is 2440. The maximum absolute atomic E-state index is 5.99. The van der Waals surface area contributed by atoms with E-state index in [0.29, 0.717) is 12.3 Å². The number of fused-ring (bicyclic) bond motifs is 2. The number of nitrogens with zero attached hydrogens (tertiary/aromatic N) is 2. The van der Waals surface area contributed by atoms with E-state index in [9.17, 15) is 0 Å². The number of hydrogen-bond donors (Lipinski definition) is 0. The van der Waals surface area contributed by atoms with Gasteiger partial charge in [0, 0.05) is 42.5 Å². The van der Waals surface area contributed by atoms with Crippen LogP contribution >= 0.6 is 0 Å². The van der Waals surface area contributed by atoms with Crippen LogP contribution in [0.3, 0.4) is 0 Å². The minimum atomic E-state index is 0.548. The average Bonchev–Trinajstić information content (AvgIpc) is 3.35. The number of hydrogen-bond acceptors (Lipinski definition) is 3. The molecular weight excluding hydrogens is 645 g/mol. The van der Waals surface area contributed by atoms with E-state index in [1.165, 1.54) is 50.3 Å². The largest absolute Gasteiger partial charge is 0.458 e. The van der Waals surface area contributed by atoms with Crippen molar-refractivity contribution in [3.05, 3.63) is 193 Å². The van der Waals surface area contributed by atoms with Gasteiger partial charge in [0.2, 0.25) is 0 Å². The van der Waals surface area contributed by atoms with E-state index in [-0.39, 0.29) is 0 Å². The van der Waals surface area contributed by atoms with Crippen molar-refractivity contribution in [3.63, 3.8) is 0 Å². The zero-order valence-electron chi connectivity index (χ0n) is 29.7. The van der Waals surface area contributed by atoms with Gasteiger partial charge in [0.15, 0.2) is 0 Å². The van der Waals surface area contributed by atoms with E-state index in [1.54, 1.807) is 6.21 Å². The molecule has 53 heavy (non-hydrogen) atoms. The highest BCUT2D eigenvalue weighted by Gasteiger charge is 2.16. The number of ether oxygens (including phenoxy) is 1. The number of aliphatic imine (C=N–C) groups is 1. The molecule has 3 heteroatoms. The fourth-order valence-corrected chi connectivity index (χ4v) is 7.01. The fraction of sp³-hybridized carbons (Fsp3) is 0.100. The summed E-state index contributed by atoms with van der Waals surface area (Å²) in [6, 6.07) is 39.7. The van der Waals surface area contributed by atoms with Crippen LogP contribution in [0, 0.1) is 11.8 Å². The Morgan fingerprint density at radius 3 is 1.89 bits per heavy atom. The Kier molecular flexibility index (Phi) is 9.94. The first-order valence-electron chi connectivity index (χ1n) is 18.2. The molecule has 0 amide bonds. The molecule has 2 aliphatic heterocycles. The minimum absolute atomic E-state index is 0.548. The Labute approximate surface area is 313 Å². The van der Waals surface area contributed by atoms with Crippen molar-refractivity contribution in [3.8, 4) is 62.1 Å². The molecule has 0 fully saturated rings. The summed E-state index contributed by atoms with van der Waals surface area (Å²) in [6.45, 7) is 5.35. The van der Waals surface area contributed by atoms with E-state index in [4.69, 9.17) is 4.74 Å². The zero-order chi connectivity index (χ0) is 35.8. The number of rotatable bonds is 5. The first kappa shape index (κ1) is 33.5. The van der Waals surface area contributed by atoms with Crippen molar-refractivity contribution in [2.75, 3.05) is 11.4 Å². The summed E-state index contributed by atoms with van der Waals surface area (Å²) in [7, 11) is 0. The van der Waals surface area contributed by atoms with Crippen molar-refractivity contribution in [1.29, 1.82) is 0 Å². The van der Waals surface area contributed by atoms with Crippen LogP contribution in [0.5, 0.6) is 5.75 Å². The zero-order valence-corrected chi connectivity index (χ0v) is 29.7. The summed E-state index contributed by atoms with van der Waals surface area (Å²) in [5, 5.41) is 0. The van der Waals surface area contributed by atoms with Crippen LogP contribution in [0.4, 0.5) is 5.69 Å². The van der Waals surface area contributed by atoms with Crippen LogP contribution in [-0.4, -0.2) is 12.8 Å². The molecule has 0 atom stereocenters. The smallest absolute Gasteiger partial charge is 0.132 e. The maximum Gasteiger partial charge on any atom is 0.132 e. The summed E-state index contributed by atoms with van der Waals surface area (Å²) >= 11 is 0. The molecule has 5 aromatic carbocycles. The van der Waals surface area contributed by atoms with Gasteiger partial charge in [-0.25, -0.2) is 0 Å². The van der Waals surface area contributed by atoms with Crippen molar-refractivity contribution < 1.29 is 4.74 Å². The van der Waals surface area contributed by atoms with E-state index in [1.807, 2.05) is 18.2 Å². The minimum Gasteiger partial charge on any atom is -0.458 e. The molecule has 3 aliphatic rings. The third-order valence-electron chi connectivity index (χ3n) is 9.70. The quantitative estimate of drug-likeness (QED) is 0.172. The SMILES string of the molecule is C=C1/C=C\C=NCc2cc(-c3cccc(-c4cccc(-c5cccc(-c6ccc7c(c6)C/C=C\C=C/CN7C6=C/CC#CC/C=C\6)c5)c4)c3)ccc2O1. The predicted octanol–water partition coefficient (Wildman–Crippen LogP) is 12.1. The molecule has 0 aromatic heterocycles. The van der Waals surface area contributed by atoms with Crippen LogP contribution in [0.1, 0.15) is 24.0 Å². The molecule has 256 valence electrons. The molecule has 3 nitrogen and oxygen atoms in total. The third-order valence-corrected chi connectivity index (χ3v) is 9.70. The molecule has 2 heterocycles. The lowest BCUT2D eigenvalue weighted by molar-refractivity contribution is 0.442. The first-order valence-corrected chi connectivity index (χ1v) is 18.2. The molecular formula is C50H40N2O. The summed E-state index contributed by atoms with van der Waals surface area (Å²) in [5.41, 5.74) is 14.2. The Balaban J connectivity index is 1.08. The lowest BCUT2D eigenvalue weighted by Gasteiger charge is -2.27. The average molecular weight is 685 g/mol. The Morgan fingerprint density at radius 2 is 1.19 bits per heavy atom. The van der Waals surface area contributed by atoms with Gasteiger partial charge in [-0.15, -0.1) is 0 Å². The molecule has 8 rings (SSSR count). The van der Waals surface area contributed by atoms with Gasteiger partial charge in [-0.1, -0.05) is 116 Å². The van der Waals surface area contributed by atoms with Crippen molar-refractivity contribution >= 4 is 11.9 Å². The van der Waals surface area contributed by atoms with Gasteiger partial charge in [-0.3, -0.25) is 4.99 Å². The molecule has 0 bridgehead atoms. The second kappa shape index (κ2) is 15.7. The number of benzene rings is 5. The van der Waals surface area contributed by atoms with Crippen molar-refractivity contribution in [2.24, 2.45) is 4.99 Å². The molecule has 0 radical (unpaired) electrons. The van der Waals surface area contributed by atoms with E-state index in [0.717, 1.165) is 48.2 Å². The summed E-state index contributed by atoms with van der Waals surface area (Å²) in [4.78, 5) is 6.95. The Hall–Kier alpha value is -6.63. The molecule has 1 aliphatic carbocycles. The second-order valence-electron chi connectivity index (χ2n) is 13.3. The summed E-state index contributed by atoms with van der Waals surface area (Å²) in [6.07, 6.45) is 23.3. The lowest BCUT2D eigenvalue weighted by Crippen LogP contribution is -2.23. The van der Waals surface area contributed by atoms with Gasteiger partial charge in [0.1, 0.15) is 11.5 Å². The van der Waals surface area contributed by atoms with Gasteiger partial charge in [-0.2, -0.15) is 0 Å². The van der Waals surface area contributed by atoms with E-state index < -0.39 is 0 Å². The standard InChI is InChI=1S/C50H40N2O/c1-37-15-14-29-51-36-47-35-45(26-28-50(47)53-37)43-22-13-20-41(33-43)39-18-11-17-38(31-39)40-19-12-21-42(32-40)44-25-27-49-46(34-44)16-7-5-6-10-30-52(49)48-23-8-3-2-4-9-24-48/h5-8,10-15,17-29,31-35H,1,3,9,16,30,36H2/b7-5-,10-6-,15-14-,23-8-,48-24+,51-29?. The highest BCUT2D eigenvalue weighted by Crippen LogP contribution is 2.36. The second-order valence-corrected chi connectivity index (χ2v) is 13.3. The first-order chi connectivity index (χ1) is 26.2. The highest BCUT2D eigenvalue weighted by molar-refractivity contribution is 5.80. The monoisotopic (exact) mass is 684 g/mol. The highest BCUT2D eigenvalue weighted by atomic mass is 16.5. The third kappa shape index (κ3) is 7.83. The van der Waals surface area contributed by atoms with Gasteiger partial charge in [0.05, 0.1) is 6.54 Å². The van der Waals surface area contributed by atoms with Crippen LogP contribution in [0.2, 0.25) is 0 Å². The van der Waals surface area contributed by atoms with Gasteiger partial charge in [0.25, 0.3) is 0 Å². The molecule has 0 saturated heterocycles. The van der Waals surface area contributed by atoms with Gasteiger partial charge < -0.3 is 9.64 Å². The molecule has 5 aromatic rings. The van der Waals surface area contributed by atoms with Crippen molar-refractivity contribution in [1.82, 2.24) is 0 Å². The molecule has 0 N–H and O–H groups in total. The molecule has 0 saturated carbocycles. The Morgan fingerprint density at radius 1 is 0.585 bits per heavy atom. The predicted molar refractivity (Wildman–Crippen MR) is 223 cm³/mol. The van der Waals surface area contributed by atoms with E-state index >= 15 is 0 Å². The van der Waals surface area contributed by atoms with Crippen molar-refractivity contribution in [2.45, 2.75) is 25.8 Å². The maximum atomic E-state index is 5.99. The fourth-order valence-electron chi connectivity index (χ4n) is 7.01. The summed E-state index contributed by atoms with van der Waals surface area (Å²) in [5.74, 6) is 7.85.